The molecule has 1 aliphatic heterocycles. The smallest absolute Gasteiger partial charge is 0.182 e. The highest BCUT2D eigenvalue weighted by molar-refractivity contribution is 6.37. The molecule has 4 heterocycles. The topological polar surface area (TPSA) is 55.0 Å². The molecule has 0 spiro atoms. The van der Waals surface area contributed by atoms with Gasteiger partial charge in [0, 0.05) is 50.7 Å². The van der Waals surface area contributed by atoms with Gasteiger partial charge in [0.15, 0.2) is 11.5 Å². The van der Waals surface area contributed by atoms with Crippen molar-refractivity contribution in [3.63, 3.8) is 0 Å². The molecule has 8 heteroatoms. The van der Waals surface area contributed by atoms with Gasteiger partial charge in [0.05, 0.1) is 17.0 Å². The van der Waals surface area contributed by atoms with E-state index in [1.807, 2.05) is 52.0 Å². The summed E-state index contributed by atoms with van der Waals surface area (Å²) in [6.07, 6.45) is 3.84. The van der Waals surface area contributed by atoms with Crippen LogP contribution in [0, 0.1) is 0 Å². The summed E-state index contributed by atoms with van der Waals surface area (Å²) in [7, 11) is 2.17. The molecule has 0 atom stereocenters. The number of fused-ring (bicyclic) bond motifs is 1. The van der Waals surface area contributed by atoms with Crippen LogP contribution < -0.4 is 0 Å². The predicted molar refractivity (Wildman–Crippen MR) is 119 cm³/mol. The fourth-order valence-corrected chi connectivity index (χ4v) is 4.22. The average molecular weight is 422 g/mol. The van der Waals surface area contributed by atoms with Crippen molar-refractivity contribution in [3.8, 4) is 17.1 Å². The molecule has 4 aromatic rings. The molecule has 7 nitrogen and oxygen atoms in total. The Bertz CT molecular complexity index is 1130. The Balaban J connectivity index is 1.55. The first-order valence-corrected chi connectivity index (χ1v) is 10.6. The number of likely N-dealkylation sites (N-methyl/N-ethyl adjacent to an activating group) is 1. The number of aromatic nitrogens is 5. The Morgan fingerprint density at radius 2 is 1.63 bits per heavy atom. The summed E-state index contributed by atoms with van der Waals surface area (Å²) in [5.41, 5.74) is 2.59. The summed E-state index contributed by atoms with van der Waals surface area (Å²) in [4.78, 5) is 4.83. The Hall–Kier alpha value is -2.74. The molecular formula is C22H24ClN7. The molecule has 0 aliphatic carbocycles. The average Bonchev–Trinajstić information content (AvgIpc) is 3.43. The summed E-state index contributed by atoms with van der Waals surface area (Å²) in [5.74, 6) is 0.616. The van der Waals surface area contributed by atoms with Gasteiger partial charge < -0.3 is 9.47 Å². The van der Waals surface area contributed by atoms with Gasteiger partial charge >= 0.3 is 0 Å². The van der Waals surface area contributed by atoms with Gasteiger partial charge in [-0.05, 0) is 19.2 Å². The number of hydrogen-bond donors (Lipinski definition) is 0. The van der Waals surface area contributed by atoms with Gasteiger partial charge in [-0.2, -0.15) is 5.10 Å². The Labute approximate surface area is 180 Å². The van der Waals surface area contributed by atoms with E-state index in [9.17, 15) is 0 Å². The third-order valence-corrected chi connectivity index (χ3v) is 6.06. The third kappa shape index (κ3) is 3.60. The first kappa shape index (κ1) is 19.2. The largest absolute Gasteiger partial charge is 0.306 e. The molecule has 0 bridgehead atoms. The van der Waals surface area contributed by atoms with Crippen molar-refractivity contribution in [1.82, 2.24) is 34.3 Å². The lowest BCUT2D eigenvalue weighted by Gasteiger charge is -2.32. The molecule has 0 N–H and O–H groups in total. The number of nitrogens with zero attached hydrogens (tertiary/aromatic N) is 7. The summed E-state index contributed by atoms with van der Waals surface area (Å²) >= 11 is 6.87. The third-order valence-electron chi connectivity index (χ3n) is 5.70. The van der Waals surface area contributed by atoms with Crippen LogP contribution in [-0.4, -0.2) is 74.1 Å². The second-order valence-corrected chi connectivity index (χ2v) is 8.09. The normalized spacial score (nSPS) is 15.8. The maximum Gasteiger partial charge on any atom is 0.182 e. The first-order valence-electron chi connectivity index (χ1n) is 10.2. The molecule has 30 heavy (non-hydrogen) atoms. The van der Waals surface area contributed by atoms with E-state index in [0.29, 0.717) is 10.8 Å². The molecule has 1 fully saturated rings. The van der Waals surface area contributed by atoms with E-state index in [-0.39, 0.29) is 0 Å². The maximum atomic E-state index is 6.87. The van der Waals surface area contributed by atoms with Crippen LogP contribution >= 0.6 is 11.6 Å². The fourth-order valence-electron chi connectivity index (χ4n) is 3.91. The molecule has 0 saturated carbocycles. The SMILES string of the molecule is CN1CCN(CCn2nc(-c3ccccc3)c3c(Cl)c(-n4cccc4)nnc32)CC1. The summed E-state index contributed by atoms with van der Waals surface area (Å²) < 4.78 is 3.83. The molecule has 154 valence electrons. The van der Waals surface area contributed by atoms with Crippen LogP contribution in [-0.2, 0) is 6.54 Å². The molecule has 1 saturated heterocycles. The fraction of sp³-hybridized carbons (Fsp3) is 0.318. The number of piperazine rings is 1. The highest BCUT2D eigenvalue weighted by Crippen LogP contribution is 2.34. The van der Waals surface area contributed by atoms with Gasteiger partial charge in [0.1, 0.15) is 5.69 Å². The zero-order valence-electron chi connectivity index (χ0n) is 16.9. The molecule has 0 unspecified atom stereocenters. The lowest BCUT2D eigenvalue weighted by molar-refractivity contribution is 0.149. The van der Waals surface area contributed by atoms with Crippen LogP contribution in [0.15, 0.2) is 54.9 Å². The van der Waals surface area contributed by atoms with Crippen LogP contribution in [0.5, 0.6) is 0 Å². The number of halogens is 1. The Morgan fingerprint density at radius 1 is 0.900 bits per heavy atom. The molecular weight excluding hydrogens is 398 g/mol. The second-order valence-electron chi connectivity index (χ2n) is 7.71. The predicted octanol–water partition coefficient (Wildman–Crippen LogP) is 3.18. The van der Waals surface area contributed by atoms with Crippen LogP contribution in [0.3, 0.4) is 0 Å². The maximum absolute atomic E-state index is 6.87. The van der Waals surface area contributed by atoms with E-state index in [1.54, 1.807) is 0 Å². The van der Waals surface area contributed by atoms with Gasteiger partial charge in [-0.3, -0.25) is 4.90 Å². The van der Waals surface area contributed by atoms with E-state index in [4.69, 9.17) is 16.7 Å². The van der Waals surface area contributed by atoms with E-state index in [2.05, 4.69) is 39.2 Å². The van der Waals surface area contributed by atoms with Crippen LogP contribution in [0.2, 0.25) is 5.02 Å². The number of hydrogen-bond acceptors (Lipinski definition) is 5. The molecule has 1 aliphatic rings. The van der Waals surface area contributed by atoms with Crippen LogP contribution in [0.4, 0.5) is 0 Å². The van der Waals surface area contributed by atoms with Crippen molar-refractivity contribution in [2.24, 2.45) is 0 Å². The Kier molecular flexibility index (Phi) is 5.25. The zero-order chi connectivity index (χ0) is 20.5. The number of benzene rings is 1. The zero-order valence-corrected chi connectivity index (χ0v) is 17.7. The highest BCUT2D eigenvalue weighted by Gasteiger charge is 2.21. The number of rotatable bonds is 5. The standard InChI is InChI=1S/C22H24ClN7/c1-27-11-13-28(14-12-27)15-16-30-21-18(20(26-30)17-7-3-2-4-8-17)19(23)22(25-24-21)29-9-5-6-10-29/h2-10H,11-16H2,1H3. The highest BCUT2D eigenvalue weighted by atomic mass is 35.5. The van der Waals surface area contributed by atoms with Crippen molar-refractivity contribution >= 4 is 22.6 Å². The molecule has 5 rings (SSSR count). The minimum atomic E-state index is 0.570. The molecule has 0 radical (unpaired) electrons. The minimum absolute atomic E-state index is 0.570. The van der Waals surface area contributed by atoms with Gasteiger partial charge in [-0.25, -0.2) is 4.68 Å². The van der Waals surface area contributed by atoms with E-state index in [1.165, 1.54) is 0 Å². The van der Waals surface area contributed by atoms with Crippen LogP contribution in [0.25, 0.3) is 28.1 Å². The molecule has 0 amide bonds. The Morgan fingerprint density at radius 3 is 2.37 bits per heavy atom. The van der Waals surface area contributed by atoms with Crippen molar-refractivity contribution in [3.05, 3.63) is 59.9 Å². The van der Waals surface area contributed by atoms with E-state index >= 15 is 0 Å². The van der Waals surface area contributed by atoms with Crippen LogP contribution in [0.1, 0.15) is 0 Å². The minimum Gasteiger partial charge on any atom is -0.306 e. The van der Waals surface area contributed by atoms with Gasteiger partial charge in [0.25, 0.3) is 0 Å². The van der Waals surface area contributed by atoms with Crippen molar-refractivity contribution < 1.29 is 0 Å². The van der Waals surface area contributed by atoms with Gasteiger partial charge in [-0.1, -0.05) is 41.9 Å². The molecule has 3 aromatic heterocycles. The van der Waals surface area contributed by atoms with E-state index < -0.39 is 0 Å². The summed E-state index contributed by atoms with van der Waals surface area (Å²) in [5, 5.41) is 15.3. The van der Waals surface area contributed by atoms with E-state index in [0.717, 1.165) is 61.6 Å². The van der Waals surface area contributed by atoms with Gasteiger partial charge in [-0.15, -0.1) is 10.2 Å². The summed E-state index contributed by atoms with van der Waals surface area (Å²) in [6, 6.07) is 14.0. The van der Waals surface area contributed by atoms with Gasteiger partial charge in [0.2, 0.25) is 0 Å². The summed E-state index contributed by atoms with van der Waals surface area (Å²) in [6.45, 7) is 6.03. The monoisotopic (exact) mass is 421 g/mol. The quantitative estimate of drug-likeness (QED) is 0.495. The molecule has 1 aromatic carbocycles. The lowest BCUT2D eigenvalue weighted by atomic mass is 10.1. The second kappa shape index (κ2) is 8.18. The van der Waals surface area contributed by atoms with Crippen molar-refractivity contribution in [2.45, 2.75) is 6.54 Å². The first-order chi connectivity index (χ1) is 14.7. The lowest BCUT2D eigenvalue weighted by Crippen LogP contribution is -2.45. The van der Waals surface area contributed by atoms with Crippen molar-refractivity contribution in [1.29, 1.82) is 0 Å². The van der Waals surface area contributed by atoms with Crippen molar-refractivity contribution in [2.75, 3.05) is 39.8 Å².